The van der Waals surface area contributed by atoms with Gasteiger partial charge in [-0.3, -0.25) is 0 Å². The fourth-order valence-electron chi connectivity index (χ4n) is 2.89. The average Bonchev–Trinajstić information content (AvgIpc) is 3.17. The van der Waals surface area contributed by atoms with Gasteiger partial charge in [0.1, 0.15) is 5.82 Å². The van der Waals surface area contributed by atoms with E-state index in [2.05, 4.69) is 34.2 Å². The molecular formula is C16H17N5. The molecule has 0 bridgehead atoms. The molecule has 21 heavy (non-hydrogen) atoms. The quantitative estimate of drug-likeness (QED) is 0.723. The summed E-state index contributed by atoms with van der Waals surface area (Å²) in [6, 6.07) is 12.2. The van der Waals surface area contributed by atoms with Crippen molar-refractivity contribution in [2.75, 3.05) is 18.0 Å². The number of aromatic nitrogens is 4. The first-order valence-corrected chi connectivity index (χ1v) is 7.36. The summed E-state index contributed by atoms with van der Waals surface area (Å²) in [6.45, 7) is 4.25. The van der Waals surface area contributed by atoms with Gasteiger partial charge in [0.2, 0.25) is 0 Å². The third kappa shape index (κ3) is 2.05. The Hall–Kier alpha value is -2.43. The molecule has 1 aliphatic rings. The lowest BCUT2D eigenvalue weighted by molar-refractivity contribution is 0.860. The van der Waals surface area contributed by atoms with Crippen LogP contribution in [0.1, 0.15) is 18.4 Å². The largest absolute Gasteiger partial charge is 0.355 e. The van der Waals surface area contributed by atoms with E-state index in [9.17, 15) is 0 Å². The van der Waals surface area contributed by atoms with Gasteiger partial charge >= 0.3 is 0 Å². The summed E-state index contributed by atoms with van der Waals surface area (Å²) in [5.41, 5.74) is 3.05. The van der Waals surface area contributed by atoms with Crippen LogP contribution in [0.4, 0.5) is 5.82 Å². The number of nitrogens with zero attached hydrogens (tertiary/aromatic N) is 5. The molecule has 0 saturated carbocycles. The molecule has 0 N–H and O–H groups in total. The fraction of sp³-hybridized carbons (Fsp3) is 0.312. The highest BCUT2D eigenvalue weighted by Crippen LogP contribution is 2.23. The van der Waals surface area contributed by atoms with E-state index in [-0.39, 0.29) is 0 Å². The second kappa shape index (κ2) is 4.84. The van der Waals surface area contributed by atoms with E-state index in [1.165, 1.54) is 18.4 Å². The summed E-state index contributed by atoms with van der Waals surface area (Å²) < 4.78 is 1.86. The number of rotatable bonds is 2. The summed E-state index contributed by atoms with van der Waals surface area (Å²) in [4.78, 5) is 2.32. The molecule has 0 aliphatic carbocycles. The van der Waals surface area contributed by atoms with E-state index in [1.807, 2.05) is 28.8 Å². The Kier molecular flexibility index (Phi) is 2.84. The number of hydrogen-bond acceptors (Lipinski definition) is 4. The zero-order valence-electron chi connectivity index (χ0n) is 12.0. The fourth-order valence-corrected chi connectivity index (χ4v) is 2.89. The smallest absolute Gasteiger partial charge is 0.185 e. The van der Waals surface area contributed by atoms with Gasteiger partial charge < -0.3 is 4.90 Å². The molecule has 1 fully saturated rings. The van der Waals surface area contributed by atoms with E-state index < -0.39 is 0 Å². The molecule has 1 aromatic carbocycles. The lowest BCUT2D eigenvalue weighted by Gasteiger charge is -2.16. The maximum atomic E-state index is 4.75. The zero-order chi connectivity index (χ0) is 14.2. The second-order valence-electron chi connectivity index (χ2n) is 5.49. The highest BCUT2D eigenvalue weighted by molar-refractivity contribution is 5.63. The molecule has 0 atom stereocenters. The monoisotopic (exact) mass is 279 g/mol. The lowest BCUT2D eigenvalue weighted by atomic mass is 10.1. The molecule has 3 heterocycles. The SMILES string of the molecule is Cc1ccccc1-c1nnc2ccc(N3CCCC3)nn12. The Labute approximate surface area is 123 Å². The first kappa shape index (κ1) is 12.3. The molecule has 0 radical (unpaired) electrons. The van der Waals surface area contributed by atoms with Gasteiger partial charge in [0, 0.05) is 18.7 Å². The molecule has 0 amide bonds. The first-order valence-electron chi connectivity index (χ1n) is 7.36. The molecule has 5 heteroatoms. The minimum atomic E-state index is 0.788. The number of hydrogen-bond donors (Lipinski definition) is 0. The van der Waals surface area contributed by atoms with Crippen molar-refractivity contribution >= 4 is 11.5 Å². The Morgan fingerprint density at radius 1 is 0.952 bits per heavy atom. The highest BCUT2D eigenvalue weighted by Gasteiger charge is 2.16. The molecular weight excluding hydrogens is 262 g/mol. The van der Waals surface area contributed by atoms with Crippen molar-refractivity contribution in [3.8, 4) is 11.4 Å². The Balaban J connectivity index is 1.86. The van der Waals surface area contributed by atoms with Crippen LogP contribution in [-0.4, -0.2) is 32.9 Å². The van der Waals surface area contributed by atoms with Gasteiger partial charge in [0.05, 0.1) is 0 Å². The molecule has 0 unspecified atom stereocenters. The molecule has 5 nitrogen and oxygen atoms in total. The van der Waals surface area contributed by atoms with Crippen LogP contribution < -0.4 is 4.90 Å². The van der Waals surface area contributed by atoms with Crippen LogP contribution in [0.2, 0.25) is 0 Å². The van der Waals surface area contributed by atoms with Gasteiger partial charge in [-0.2, -0.15) is 4.52 Å². The van der Waals surface area contributed by atoms with Crippen molar-refractivity contribution in [2.45, 2.75) is 19.8 Å². The number of benzene rings is 1. The van der Waals surface area contributed by atoms with Gasteiger partial charge in [-0.25, -0.2) is 0 Å². The maximum Gasteiger partial charge on any atom is 0.185 e. The lowest BCUT2D eigenvalue weighted by Crippen LogP contribution is -2.19. The highest BCUT2D eigenvalue weighted by atomic mass is 15.4. The van der Waals surface area contributed by atoms with Crippen molar-refractivity contribution in [3.63, 3.8) is 0 Å². The van der Waals surface area contributed by atoms with Crippen molar-refractivity contribution < 1.29 is 0 Å². The van der Waals surface area contributed by atoms with E-state index in [1.54, 1.807) is 0 Å². The average molecular weight is 279 g/mol. The topological polar surface area (TPSA) is 46.3 Å². The maximum absolute atomic E-state index is 4.75. The predicted octanol–water partition coefficient (Wildman–Crippen LogP) is 2.70. The Bertz CT molecular complexity index is 786. The van der Waals surface area contributed by atoms with Gasteiger partial charge in [-0.05, 0) is 37.5 Å². The first-order chi connectivity index (χ1) is 10.3. The van der Waals surface area contributed by atoms with Crippen LogP contribution in [0, 0.1) is 6.92 Å². The molecule has 2 aromatic heterocycles. The van der Waals surface area contributed by atoms with Crippen molar-refractivity contribution in [1.29, 1.82) is 0 Å². The predicted molar refractivity (Wildman–Crippen MR) is 82.4 cm³/mol. The summed E-state index contributed by atoms with van der Waals surface area (Å²) in [6.07, 6.45) is 2.49. The van der Waals surface area contributed by atoms with Gasteiger partial charge in [-0.1, -0.05) is 24.3 Å². The Morgan fingerprint density at radius 3 is 2.57 bits per heavy atom. The molecule has 4 rings (SSSR count). The Morgan fingerprint density at radius 2 is 1.76 bits per heavy atom. The minimum absolute atomic E-state index is 0.788. The van der Waals surface area contributed by atoms with E-state index in [4.69, 9.17) is 5.10 Å². The summed E-state index contributed by atoms with van der Waals surface area (Å²) in [5.74, 6) is 1.82. The van der Waals surface area contributed by atoms with Crippen molar-refractivity contribution in [2.24, 2.45) is 0 Å². The van der Waals surface area contributed by atoms with Crippen LogP contribution in [0.25, 0.3) is 17.0 Å². The van der Waals surface area contributed by atoms with Gasteiger partial charge in [0.15, 0.2) is 11.5 Å². The second-order valence-corrected chi connectivity index (χ2v) is 5.49. The number of aryl methyl sites for hydroxylation is 1. The van der Waals surface area contributed by atoms with Crippen LogP contribution in [0.5, 0.6) is 0 Å². The third-order valence-electron chi connectivity index (χ3n) is 4.06. The van der Waals surface area contributed by atoms with Crippen LogP contribution >= 0.6 is 0 Å². The van der Waals surface area contributed by atoms with E-state index in [0.717, 1.165) is 35.9 Å². The van der Waals surface area contributed by atoms with Crippen LogP contribution in [0.3, 0.4) is 0 Å². The van der Waals surface area contributed by atoms with E-state index >= 15 is 0 Å². The normalized spacial score (nSPS) is 15.0. The summed E-state index contributed by atoms with van der Waals surface area (Å²) in [5, 5.41) is 13.3. The minimum Gasteiger partial charge on any atom is -0.355 e. The molecule has 106 valence electrons. The van der Waals surface area contributed by atoms with E-state index in [0.29, 0.717) is 0 Å². The van der Waals surface area contributed by atoms with Crippen molar-refractivity contribution in [3.05, 3.63) is 42.0 Å². The van der Waals surface area contributed by atoms with Crippen LogP contribution in [0.15, 0.2) is 36.4 Å². The van der Waals surface area contributed by atoms with Crippen LogP contribution in [-0.2, 0) is 0 Å². The summed E-state index contributed by atoms with van der Waals surface area (Å²) >= 11 is 0. The summed E-state index contributed by atoms with van der Waals surface area (Å²) in [7, 11) is 0. The van der Waals surface area contributed by atoms with Crippen molar-refractivity contribution in [1.82, 2.24) is 19.8 Å². The van der Waals surface area contributed by atoms with Gasteiger partial charge in [-0.15, -0.1) is 15.3 Å². The third-order valence-corrected chi connectivity index (χ3v) is 4.06. The molecule has 0 spiro atoms. The molecule has 3 aromatic rings. The number of fused-ring (bicyclic) bond motifs is 1. The molecule has 1 saturated heterocycles. The molecule has 1 aliphatic heterocycles. The van der Waals surface area contributed by atoms with Gasteiger partial charge in [0.25, 0.3) is 0 Å². The number of anilines is 1. The standard InChI is InChI=1S/C16H17N5/c1-12-6-2-3-7-13(12)16-18-17-14-8-9-15(19-21(14)16)20-10-4-5-11-20/h2-3,6-9H,4-5,10-11H2,1H3. The zero-order valence-corrected chi connectivity index (χ0v) is 12.0.